The summed E-state index contributed by atoms with van der Waals surface area (Å²) in [6.07, 6.45) is 1.26. The number of nitro groups is 1. The molecular formula is C16H20N2O5. The molecule has 0 spiro atoms. The van der Waals surface area contributed by atoms with Crippen LogP contribution in [0.3, 0.4) is 0 Å². The molecule has 1 aliphatic heterocycles. The van der Waals surface area contributed by atoms with E-state index in [2.05, 4.69) is 0 Å². The van der Waals surface area contributed by atoms with Gasteiger partial charge in [-0.1, -0.05) is 12.1 Å². The predicted molar refractivity (Wildman–Crippen MR) is 83.1 cm³/mol. The van der Waals surface area contributed by atoms with Crippen LogP contribution in [0, 0.1) is 23.0 Å². The van der Waals surface area contributed by atoms with Gasteiger partial charge in [0.05, 0.1) is 17.3 Å². The van der Waals surface area contributed by atoms with Crippen molar-refractivity contribution >= 4 is 17.6 Å². The van der Waals surface area contributed by atoms with Crippen molar-refractivity contribution < 1.29 is 19.6 Å². The SMILES string of the molecule is Cc1c(CC(=O)N2CC(C(=O)O)CCC2C)cccc1[N+](=O)[O-]. The molecule has 1 aromatic carbocycles. The Labute approximate surface area is 134 Å². The minimum atomic E-state index is -0.888. The molecule has 1 aromatic rings. The van der Waals surface area contributed by atoms with Gasteiger partial charge < -0.3 is 10.0 Å². The Morgan fingerprint density at radius 1 is 1.39 bits per heavy atom. The van der Waals surface area contributed by atoms with Crippen LogP contribution in [0.4, 0.5) is 5.69 Å². The fraction of sp³-hybridized carbons (Fsp3) is 0.500. The zero-order valence-electron chi connectivity index (χ0n) is 13.2. The second kappa shape index (κ2) is 6.76. The lowest BCUT2D eigenvalue weighted by atomic mass is 9.92. The topological polar surface area (TPSA) is 101 Å². The fourth-order valence-corrected chi connectivity index (χ4v) is 2.98. The maximum atomic E-state index is 12.5. The summed E-state index contributed by atoms with van der Waals surface area (Å²) in [7, 11) is 0. The van der Waals surface area contributed by atoms with Crippen molar-refractivity contribution in [2.75, 3.05) is 6.54 Å². The normalized spacial score (nSPS) is 21.0. The monoisotopic (exact) mass is 320 g/mol. The Hall–Kier alpha value is -2.44. The van der Waals surface area contributed by atoms with E-state index in [0.29, 0.717) is 24.0 Å². The van der Waals surface area contributed by atoms with Crippen LogP contribution in [0.1, 0.15) is 30.9 Å². The molecule has 2 rings (SSSR count). The molecule has 0 radical (unpaired) electrons. The van der Waals surface area contributed by atoms with Crippen LogP contribution in [-0.4, -0.2) is 39.4 Å². The van der Waals surface area contributed by atoms with Gasteiger partial charge in [-0.2, -0.15) is 0 Å². The lowest BCUT2D eigenvalue weighted by molar-refractivity contribution is -0.385. The number of nitro benzene ring substituents is 1. The fourth-order valence-electron chi connectivity index (χ4n) is 2.98. The van der Waals surface area contributed by atoms with Gasteiger partial charge in [-0.3, -0.25) is 19.7 Å². The molecule has 1 N–H and O–H groups in total. The molecule has 0 aliphatic carbocycles. The molecule has 0 bridgehead atoms. The number of carboxylic acids is 1. The number of hydrogen-bond donors (Lipinski definition) is 1. The molecule has 2 unspecified atom stereocenters. The summed E-state index contributed by atoms with van der Waals surface area (Å²) < 4.78 is 0. The first-order valence-electron chi connectivity index (χ1n) is 7.56. The number of carboxylic acid groups (broad SMARTS) is 1. The number of nitrogens with zero attached hydrogens (tertiary/aromatic N) is 2. The average Bonchev–Trinajstić information content (AvgIpc) is 2.49. The van der Waals surface area contributed by atoms with Crippen molar-refractivity contribution in [3.63, 3.8) is 0 Å². The number of carbonyl (C=O) groups is 2. The number of benzene rings is 1. The predicted octanol–water partition coefficient (Wildman–Crippen LogP) is 2.16. The standard InChI is InChI=1S/C16H20N2O5/c1-10-6-7-13(16(20)21)9-17(10)15(19)8-12-4-3-5-14(11(12)2)18(22)23/h3-5,10,13H,6-9H2,1-2H3,(H,20,21). The molecule has 1 fully saturated rings. The number of carbonyl (C=O) groups excluding carboxylic acids is 1. The highest BCUT2D eigenvalue weighted by atomic mass is 16.6. The van der Waals surface area contributed by atoms with Gasteiger partial charge >= 0.3 is 5.97 Å². The van der Waals surface area contributed by atoms with Gasteiger partial charge in [-0.15, -0.1) is 0 Å². The van der Waals surface area contributed by atoms with E-state index < -0.39 is 16.8 Å². The van der Waals surface area contributed by atoms with Gasteiger partial charge in [0.15, 0.2) is 0 Å². The number of amides is 1. The van der Waals surface area contributed by atoms with Gasteiger partial charge in [0, 0.05) is 24.2 Å². The average molecular weight is 320 g/mol. The van der Waals surface area contributed by atoms with E-state index in [0.717, 1.165) is 0 Å². The lowest BCUT2D eigenvalue weighted by Gasteiger charge is -2.36. The Bertz CT molecular complexity index is 643. The molecule has 124 valence electrons. The molecule has 1 aliphatic rings. The summed E-state index contributed by atoms with van der Waals surface area (Å²) in [5.41, 5.74) is 1.07. The third-order valence-electron chi connectivity index (χ3n) is 4.51. The van der Waals surface area contributed by atoms with Crippen LogP contribution in [0.2, 0.25) is 0 Å². The summed E-state index contributed by atoms with van der Waals surface area (Å²) in [5, 5.41) is 20.1. The van der Waals surface area contributed by atoms with Gasteiger partial charge in [0.2, 0.25) is 5.91 Å². The van der Waals surface area contributed by atoms with Gasteiger partial charge in [0.1, 0.15) is 0 Å². The first-order chi connectivity index (χ1) is 10.8. The van der Waals surface area contributed by atoms with E-state index in [1.54, 1.807) is 24.0 Å². The highest BCUT2D eigenvalue weighted by Crippen LogP contribution is 2.25. The number of aliphatic carboxylic acids is 1. The van der Waals surface area contributed by atoms with Crippen LogP contribution < -0.4 is 0 Å². The Morgan fingerprint density at radius 2 is 2.09 bits per heavy atom. The summed E-state index contributed by atoms with van der Waals surface area (Å²) in [6, 6.07) is 4.65. The van der Waals surface area contributed by atoms with Crippen molar-refractivity contribution in [1.29, 1.82) is 0 Å². The van der Waals surface area contributed by atoms with E-state index in [1.165, 1.54) is 6.07 Å². The van der Waals surface area contributed by atoms with Crippen LogP contribution in [-0.2, 0) is 16.0 Å². The first-order valence-corrected chi connectivity index (χ1v) is 7.56. The van der Waals surface area contributed by atoms with Gasteiger partial charge in [0.25, 0.3) is 5.69 Å². The van der Waals surface area contributed by atoms with Crippen molar-refractivity contribution in [2.24, 2.45) is 5.92 Å². The highest BCUT2D eigenvalue weighted by Gasteiger charge is 2.32. The van der Waals surface area contributed by atoms with Crippen molar-refractivity contribution in [1.82, 2.24) is 4.90 Å². The zero-order valence-corrected chi connectivity index (χ0v) is 13.2. The van der Waals surface area contributed by atoms with Crippen LogP contribution in [0.15, 0.2) is 18.2 Å². The molecule has 2 atom stereocenters. The van der Waals surface area contributed by atoms with Crippen molar-refractivity contribution in [3.8, 4) is 0 Å². The number of likely N-dealkylation sites (tertiary alicyclic amines) is 1. The Kier molecular flexibility index (Phi) is 4.98. The molecule has 0 saturated carbocycles. The molecule has 1 amide bonds. The largest absolute Gasteiger partial charge is 0.481 e. The third kappa shape index (κ3) is 3.67. The van der Waals surface area contributed by atoms with E-state index in [1.807, 2.05) is 6.92 Å². The molecule has 23 heavy (non-hydrogen) atoms. The number of hydrogen-bond acceptors (Lipinski definition) is 4. The van der Waals surface area contributed by atoms with Gasteiger partial charge in [-0.25, -0.2) is 0 Å². The summed E-state index contributed by atoms with van der Waals surface area (Å²) in [6.45, 7) is 3.72. The summed E-state index contributed by atoms with van der Waals surface area (Å²) in [5.74, 6) is -1.62. The van der Waals surface area contributed by atoms with Crippen LogP contribution in [0.5, 0.6) is 0 Å². The van der Waals surface area contributed by atoms with E-state index in [-0.39, 0.29) is 30.6 Å². The molecular weight excluding hydrogens is 300 g/mol. The first kappa shape index (κ1) is 16.9. The number of rotatable bonds is 4. The van der Waals surface area contributed by atoms with Crippen LogP contribution in [0.25, 0.3) is 0 Å². The second-order valence-corrected chi connectivity index (χ2v) is 6.00. The molecule has 7 nitrogen and oxygen atoms in total. The third-order valence-corrected chi connectivity index (χ3v) is 4.51. The minimum Gasteiger partial charge on any atom is -0.481 e. The molecule has 0 aromatic heterocycles. The highest BCUT2D eigenvalue weighted by molar-refractivity contribution is 5.81. The van der Waals surface area contributed by atoms with Crippen molar-refractivity contribution in [3.05, 3.63) is 39.4 Å². The molecule has 1 heterocycles. The van der Waals surface area contributed by atoms with E-state index in [4.69, 9.17) is 5.11 Å². The molecule has 1 saturated heterocycles. The summed E-state index contributed by atoms with van der Waals surface area (Å²) >= 11 is 0. The van der Waals surface area contributed by atoms with Gasteiger partial charge in [-0.05, 0) is 32.3 Å². The maximum Gasteiger partial charge on any atom is 0.308 e. The second-order valence-electron chi connectivity index (χ2n) is 6.00. The maximum absolute atomic E-state index is 12.5. The quantitative estimate of drug-likeness (QED) is 0.676. The van der Waals surface area contributed by atoms with E-state index in [9.17, 15) is 19.7 Å². The van der Waals surface area contributed by atoms with E-state index >= 15 is 0 Å². The van der Waals surface area contributed by atoms with Crippen molar-refractivity contribution in [2.45, 2.75) is 39.2 Å². The Balaban J connectivity index is 2.16. The molecule has 7 heteroatoms. The lowest BCUT2D eigenvalue weighted by Crippen LogP contribution is -2.48. The summed E-state index contributed by atoms with van der Waals surface area (Å²) in [4.78, 5) is 35.8. The Morgan fingerprint density at radius 3 is 2.70 bits per heavy atom. The smallest absolute Gasteiger partial charge is 0.308 e. The minimum absolute atomic E-state index is 0.00888. The zero-order chi connectivity index (χ0) is 17.1. The number of piperidine rings is 1. The van der Waals surface area contributed by atoms with Crippen LogP contribution >= 0.6 is 0 Å².